The lowest BCUT2D eigenvalue weighted by atomic mass is 9.96. The summed E-state index contributed by atoms with van der Waals surface area (Å²) in [5.74, 6) is 0.572. The first-order valence-corrected chi connectivity index (χ1v) is 6.16. The van der Waals surface area contributed by atoms with Gasteiger partial charge in [0.15, 0.2) is 0 Å². The molecule has 1 fully saturated rings. The number of carbonyl (C=O) groups excluding carboxylic acids is 1. The van der Waals surface area contributed by atoms with Crippen LogP contribution in [0.15, 0.2) is 0 Å². The van der Waals surface area contributed by atoms with Crippen LogP contribution >= 0.6 is 12.4 Å². The Balaban J connectivity index is 0.00000256. The third-order valence-corrected chi connectivity index (χ3v) is 2.86. The molecule has 1 heterocycles. The minimum Gasteiger partial charge on any atom is -0.378 e. The van der Waals surface area contributed by atoms with Crippen LogP contribution in [0.1, 0.15) is 40.0 Å². The molecule has 2 unspecified atom stereocenters. The monoisotopic (exact) mass is 264 g/mol. The Morgan fingerprint density at radius 1 is 1.47 bits per heavy atom. The summed E-state index contributed by atoms with van der Waals surface area (Å²) in [6.45, 7) is 6.82. The van der Waals surface area contributed by atoms with Gasteiger partial charge < -0.3 is 15.8 Å². The molecule has 3 atom stereocenters. The van der Waals surface area contributed by atoms with Gasteiger partial charge in [0.2, 0.25) is 5.91 Å². The van der Waals surface area contributed by atoms with Gasteiger partial charge in [-0.1, -0.05) is 13.8 Å². The van der Waals surface area contributed by atoms with Crippen molar-refractivity contribution in [2.45, 2.75) is 58.2 Å². The molecule has 0 aromatic carbocycles. The molecule has 102 valence electrons. The van der Waals surface area contributed by atoms with Gasteiger partial charge in [0.25, 0.3) is 0 Å². The summed E-state index contributed by atoms with van der Waals surface area (Å²) >= 11 is 0. The van der Waals surface area contributed by atoms with Crippen LogP contribution in [-0.2, 0) is 9.53 Å². The molecule has 1 aliphatic heterocycles. The zero-order valence-corrected chi connectivity index (χ0v) is 11.8. The van der Waals surface area contributed by atoms with E-state index in [0.29, 0.717) is 5.92 Å². The van der Waals surface area contributed by atoms with Gasteiger partial charge in [-0.2, -0.15) is 0 Å². The highest BCUT2D eigenvalue weighted by molar-refractivity contribution is 5.85. The van der Waals surface area contributed by atoms with Gasteiger partial charge in [-0.15, -0.1) is 12.4 Å². The van der Waals surface area contributed by atoms with Crippen molar-refractivity contribution in [2.75, 3.05) is 6.61 Å². The Bertz CT molecular complexity index is 235. The van der Waals surface area contributed by atoms with Crippen LogP contribution in [-0.4, -0.2) is 30.7 Å². The predicted octanol–water partition coefficient (Wildman–Crippen LogP) is 1.47. The molecule has 4 nitrogen and oxygen atoms in total. The van der Waals surface area contributed by atoms with Crippen LogP contribution in [0.2, 0.25) is 0 Å². The van der Waals surface area contributed by atoms with Crippen LogP contribution in [0.4, 0.5) is 0 Å². The minimum absolute atomic E-state index is 0. The lowest BCUT2D eigenvalue weighted by Gasteiger charge is -2.31. The summed E-state index contributed by atoms with van der Waals surface area (Å²) in [4.78, 5) is 11.5. The number of ether oxygens (including phenoxy) is 1. The molecule has 0 aromatic rings. The van der Waals surface area contributed by atoms with E-state index in [4.69, 9.17) is 10.5 Å². The summed E-state index contributed by atoms with van der Waals surface area (Å²) < 4.78 is 5.68. The van der Waals surface area contributed by atoms with Gasteiger partial charge in [0.05, 0.1) is 12.1 Å². The van der Waals surface area contributed by atoms with Crippen LogP contribution in [0.3, 0.4) is 0 Å². The van der Waals surface area contributed by atoms with Gasteiger partial charge >= 0.3 is 0 Å². The zero-order chi connectivity index (χ0) is 12.1. The summed E-state index contributed by atoms with van der Waals surface area (Å²) in [7, 11) is 0. The predicted molar refractivity (Wildman–Crippen MR) is 71.3 cm³/mol. The molecule has 0 bridgehead atoms. The number of amides is 1. The molecular formula is C12H25ClN2O2. The van der Waals surface area contributed by atoms with E-state index in [1.165, 1.54) is 0 Å². The van der Waals surface area contributed by atoms with Gasteiger partial charge in [0.1, 0.15) is 0 Å². The number of rotatable bonds is 4. The van der Waals surface area contributed by atoms with Gasteiger partial charge in [0, 0.05) is 12.6 Å². The van der Waals surface area contributed by atoms with E-state index in [1.54, 1.807) is 6.92 Å². The Hall–Kier alpha value is -0.320. The number of halogens is 1. The first kappa shape index (κ1) is 16.7. The minimum atomic E-state index is -0.425. The number of carbonyl (C=O) groups is 1. The van der Waals surface area contributed by atoms with E-state index in [-0.39, 0.29) is 30.5 Å². The maximum atomic E-state index is 11.5. The molecule has 1 aliphatic rings. The van der Waals surface area contributed by atoms with E-state index in [1.807, 2.05) is 0 Å². The van der Waals surface area contributed by atoms with Crippen LogP contribution in [0.25, 0.3) is 0 Å². The number of hydrogen-bond acceptors (Lipinski definition) is 3. The fraction of sp³-hybridized carbons (Fsp3) is 0.917. The Morgan fingerprint density at radius 3 is 2.65 bits per heavy atom. The third-order valence-electron chi connectivity index (χ3n) is 2.86. The van der Waals surface area contributed by atoms with E-state index >= 15 is 0 Å². The quantitative estimate of drug-likeness (QED) is 0.808. The van der Waals surface area contributed by atoms with Crippen LogP contribution < -0.4 is 11.1 Å². The molecular weight excluding hydrogens is 240 g/mol. The van der Waals surface area contributed by atoms with Crippen LogP contribution in [0, 0.1) is 5.92 Å². The number of nitrogens with two attached hydrogens (primary N) is 1. The second-order valence-corrected chi connectivity index (χ2v) is 5.14. The average molecular weight is 265 g/mol. The van der Waals surface area contributed by atoms with E-state index in [9.17, 15) is 4.79 Å². The molecule has 5 heteroatoms. The summed E-state index contributed by atoms with van der Waals surface area (Å²) in [6, 6.07) is -0.192. The third kappa shape index (κ3) is 6.24. The number of nitrogens with one attached hydrogen (secondary N) is 1. The Morgan fingerprint density at radius 2 is 2.12 bits per heavy atom. The molecule has 0 radical (unpaired) electrons. The molecule has 0 spiro atoms. The average Bonchev–Trinajstić information content (AvgIpc) is 2.16. The fourth-order valence-corrected chi connectivity index (χ4v) is 2.03. The second kappa shape index (κ2) is 7.90. The lowest BCUT2D eigenvalue weighted by Crippen LogP contribution is -2.47. The molecule has 0 saturated carbocycles. The standard InChI is InChI=1S/C12H24N2O2.ClH/c1-8(2)6-11-7-10(4-5-16-11)14-12(15)9(3)13;/h8-11H,4-7,13H2,1-3H3,(H,14,15);1H/t9-,10?,11?;/m1./s1. The van der Waals surface area contributed by atoms with E-state index in [2.05, 4.69) is 19.2 Å². The van der Waals surface area contributed by atoms with Crippen molar-refractivity contribution in [1.82, 2.24) is 5.32 Å². The van der Waals surface area contributed by atoms with Crippen molar-refractivity contribution in [2.24, 2.45) is 11.7 Å². The normalized spacial score (nSPS) is 26.2. The highest BCUT2D eigenvalue weighted by atomic mass is 35.5. The maximum Gasteiger partial charge on any atom is 0.236 e. The van der Waals surface area contributed by atoms with Crippen LogP contribution in [0.5, 0.6) is 0 Å². The van der Waals surface area contributed by atoms with E-state index in [0.717, 1.165) is 25.9 Å². The molecule has 3 N–H and O–H groups in total. The topological polar surface area (TPSA) is 64.4 Å². The van der Waals surface area contributed by atoms with Crippen molar-refractivity contribution in [1.29, 1.82) is 0 Å². The highest BCUT2D eigenvalue weighted by Gasteiger charge is 2.24. The summed E-state index contributed by atoms with van der Waals surface area (Å²) in [5, 5.41) is 2.98. The highest BCUT2D eigenvalue weighted by Crippen LogP contribution is 2.20. The molecule has 0 aliphatic carbocycles. The first-order valence-electron chi connectivity index (χ1n) is 6.16. The van der Waals surface area contributed by atoms with Gasteiger partial charge in [-0.05, 0) is 32.1 Å². The molecule has 1 rings (SSSR count). The smallest absolute Gasteiger partial charge is 0.236 e. The molecule has 0 aromatic heterocycles. The largest absolute Gasteiger partial charge is 0.378 e. The van der Waals surface area contributed by atoms with Crippen molar-refractivity contribution in [3.8, 4) is 0 Å². The van der Waals surface area contributed by atoms with Crippen molar-refractivity contribution in [3.63, 3.8) is 0 Å². The SMILES string of the molecule is CC(C)CC1CC(NC(=O)[C@@H](C)N)CCO1.Cl. The zero-order valence-electron chi connectivity index (χ0n) is 10.9. The Kier molecular flexibility index (Phi) is 7.75. The Labute approximate surface area is 110 Å². The molecule has 17 heavy (non-hydrogen) atoms. The summed E-state index contributed by atoms with van der Waals surface area (Å²) in [5.41, 5.74) is 5.53. The first-order chi connectivity index (χ1) is 7.49. The van der Waals surface area contributed by atoms with Gasteiger partial charge in [-0.3, -0.25) is 4.79 Å². The number of hydrogen-bond donors (Lipinski definition) is 2. The van der Waals surface area contributed by atoms with Gasteiger partial charge in [-0.25, -0.2) is 0 Å². The molecule has 1 saturated heterocycles. The summed E-state index contributed by atoms with van der Waals surface area (Å²) in [6.07, 6.45) is 3.15. The van der Waals surface area contributed by atoms with Crippen molar-refractivity contribution in [3.05, 3.63) is 0 Å². The van der Waals surface area contributed by atoms with E-state index < -0.39 is 6.04 Å². The van der Waals surface area contributed by atoms with Crippen molar-refractivity contribution < 1.29 is 9.53 Å². The second-order valence-electron chi connectivity index (χ2n) is 5.14. The maximum absolute atomic E-state index is 11.5. The lowest BCUT2D eigenvalue weighted by molar-refractivity contribution is -0.123. The fourth-order valence-electron chi connectivity index (χ4n) is 2.03. The molecule has 1 amide bonds. The van der Waals surface area contributed by atoms with Crippen molar-refractivity contribution >= 4 is 18.3 Å².